The average molecular weight is 425 g/mol. The number of nitrogens with two attached hydrogens (primary N) is 1. The van der Waals surface area contributed by atoms with Gasteiger partial charge in [-0.3, -0.25) is 15.7 Å². The summed E-state index contributed by atoms with van der Waals surface area (Å²) in [4.78, 5) is 8.86. The molecule has 1 aliphatic carbocycles. The molecule has 2 unspecified atom stereocenters. The van der Waals surface area contributed by atoms with Gasteiger partial charge in [-0.05, 0) is 37.3 Å². The Bertz CT molecular complexity index is 959. The monoisotopic (exact) mass is 424 g/mol. The predicted molar refractivity (Wildman–Crippen MR) is 117 cm³/mol. The summed E-state index contributed by atoms with van der Waals surface area (Å²) in [6.07, 6.45) is 5.00. The average Bonchev–Trinajstić information content (AvgIpc) is 3.22. The van der Waals surface area contributed by atoms with Crippen molar-refractivity contribution >= 4 is 11.8 Å². The Labute approximate surface area is 180 Å². The SMILES string of the molecule is Nc1[nH]ncc1-c1ccnc(NC2CCC(NC(O)NC(O)c3ccccc3)CC2)n1. The number of nitrogens with one attached hydrogen (secondary N) is 4. The van der Waals surface area contributed by atoms with Crippen LogP contribution in [0.4, 0.5) is 11.8 Å². The van der Waals surface area contributed by atoms with Crippen molar-refractivity contribution in [2.75, 3.05) is 11.1 Å². The maximum atomic E-state index is 10.2. The summed E-state index contributed by atoms with van der Waals surface area (Å²) in [5, 5.41) is 36.4. The van der Waals surface area contributed by atoms with E-state index in [2.05, 4.69) is 36.1 Å². The van der Waals surface area contributed by atoms with Crippen molar-refractivity contribution in [3.8, 4) is 11.3 Å². The number of nitrogen functional groups attached to an aromatic ring is 1. The molecular formula is C21H28N8O2. The van der Waals surface area contributed by atoms with Crippen molar-refractivity contribution in [1.82, 2.24) is 30.8 Å². The van der Waals surface area contributed by atoms with Gasteiger partial charge in [-0.25, -0.2) is 9.97 Å². The second-order valence-electron chi connectivity index (χ2n) is 7.70. The molecule has 8 N–H and O–H groups in total. The summed E-state index contributed by atoms with van der Waals surface area (Å²) in [5.41, 5.74) is 8.04. The van der Waals surface area contributed by atoms with Crippen LogP contribution in [-0.4, -0.2) is 48.8 Å². The molecule has 4 rings (SSSR count). The highest BCUT2D eigenvalue weighted by Crippen LogP contribution is 2.24. The Morgan fingerprint density at radius 3 is 2.48 bits per heavy atom. The summed E-state index contributed by atoms with van der Waals surface area (Å²) < 4.78 is 0. The molecule has 0 spiro atoms. The maximum Gasteiger partial charge on any atom is 0.223 e. The van der Waals surface area contributed by atoms with Gasteiger partial charge in [-0.1, -0.05) is 30.3 Å². The van der Waals surface area contributed by atoms with Gasteiger partial charge < -0.3 is 21.3 Å². The second-order valence-corrected chi connectivity index (χ2v) is 7.70. The maximum absolute atomic E-state index is 10.2. The van der Waals surface area contributed by atoms with Crippen LogP contribution in [0.2, 0.25) is 0 Å². The number of rotatable bonds is 8. The van der Waals surface area contributed by atoms with E-state index in [0.29, 0.717) is 23.0 Å². The fourth-order valence-corrected chi connectivity index (χ4v) is 3.82. The smallest absolute Gasteiger partial charge is 0.223 e. The van der Waals surface area contributed by atoms with E-state index in [-0.39, 0.29) is 12.1 Å². The first kappa shape index (κ1) is 21.2. The fraction of sp³-hybridized carbons (Fsp3) is 0.381. The van der Waals surface area contributed by atoms with E-state index < -0.39 is 12.6 Å². The molecule has 0 radical (unpaired) electrons. The topological polar surface area (TPSA) is 157 Å². The van der Waals surface area contributed by atoms with Crippen LogP contribution in [-0.2, 0) is 0 Å². The van der Waals surface area contributed by atoms with Gasteiger partial charge >= 0.3 is 0 Å². The van der Waals surface area contributed by atoms with Gasteiger partial charge in [0.2, 0.25) is 5.95 Å². The molecule has 31 heavy (non-hydrogen) atoms. The van der Waals surface area contributed by atoms with Crippen molar-refractivity contribution in [1.29, 1.82) is 0 Å². The zero-order chi connectivity index (χ0) is 21.6. The van der Waals surface area contributed by atoms with E-state index in [0.717, 1.165) is 31.2 Å². The van der Waals surface area contributed by atoms with E-state index in [1.54, 1.807) is 30.6 Å². The molecule has 1 aromatic carbocycles. The Balaban J connectivity index is 1.24. The number of benzene rings is 1. The van der Waals surface area contributed by atoms with Crippen LogP contribution in [0.15, 0.2) is 48.8 Å². The zero-order valence-corrected chi connectivity index (χ0v) is 17.1. The Kier molecular flexibility index (Phi) is 6.73. The van der Waals surface area contributed by atoms with Crippen LogP contribution in [0, 0.1) is 0 Å². The Morgan fingerprint density at radius 2 is 1.77 bits per heavy atom. The van der Waals surface area contributed by atoms with Crippen molar-refractivity contribution < 1.29 is 10.2 Å². The lowest BCUT2D eigenvalue weighted by molar-refractivity contribution is 0.0121. The third-order valence-corrected chi connectivity index (χ3v) is 5.49. The molecule has 1 aliphatic rings. The molecule has 2 aromatic heterocycles. The van der Waals surface area contributed by atoms with Gasteiger partial charge in [0.1, 0.15) is 12.0 Å². The Morgan fingerprint density at radius 1 is 1.03 bits per heavy atom. The molecule has 0 aliphatic heterocycles. The number of H-pyrrole nitrogens is 1. The fourth-order valence-electron chi connectivity index (χ4n) is 3.82. The standard InChI is InChI=1S/C21H28N8O2/c22-18-16(12-24-29-18)17-10-11-23-20(27-17)25-14-6-8-15(9-7-14)26-21(31)28-19(30)13-4-2-1-3-5-13/h1-5,10-12,14-15,19,21,26,28,30-31H,6-9H2,(H3,22,24,29)(H,23,25,27). The van der Waals surface area contributed by atoms with Crippen molar-refractivity contribution in [3.05, 3.63) is 54.4 Å². The number of aliphatic hydroxyl groups excluding tert-OH is 2. The van der Waals surface area contributed by atoms with E-state index >= 15 is 0 Å². The van der Waals surface area contributed by atoms with Gasteiger partial charge in [-0.2, -0.15) is 5.10 Å². The van der Waals surface area contributed by atoms with Crippen molar-refractivity contribution in [2.24, 2.45) is 0 Å². The lowest BCUT2D eigenvalue weighted by Gasteiger charge is -2.32. The number of hydrogen-bond donors (Lipinski definition) is 7. The first-order valence-corrected chi connectivity index (χ1v) is 10.4. The van der Waals surface area contributed by atoms with Crippen LogP contribution in [0.25, 0.3) is 11.3 Å². The number of anilines is 2. The predicted octanol–water partition coefficient (Wildman–Crippen LogP) is 1.32. The highest BCUT2D eigenvalue weighted by Gasteiger charge is 2.24. The second kappa shape index (κ2) is 9.84. The quantitative estimate of drug-likeness (QED) is 0.265. The summed E-state index contributed by atoms with van der Waals surface area (Å²) >= 11 is 0. The summed E-state index contributed by atoms with van der Waals surface area (Å²) in [6, 6.07) is 11.4. The van der Waals surface area contributed by atoms with E-state index in [1.165, 1.54) is 0 Å². The van der Waals surface area contributed by atoms with Crippen molar-refractivity contribution in [2.45, 2.75) is 50.3 Å². The highest BCUT2D eigenvalue weighted by molar-refractivity contribution is 5.70. The molecule has 2 atom stereocenters. The molecule has 10 heteroatoms. The van der Waals surface area contributed by atoms with Crippen LogP contribution in [0.1, 0.15) is 37.5 Å². The van der Waals surface area contributed by atoms with Gasteiger partial charge in [0.25, 0.3) is 0 Å². The lowest BCUT2D eigenvalue weighted by atomic mass is 9.91. The number of nitrogens with zero attached hydrogens (tertiary/aromatic N) is 3. The van der Waals surface area contributed by atoms with Crippen LogP contribution in [0.5, 0.6) is 0 Å². The number of aromatic nitrogens is 4. The zero-order valence-electron chi connectivity index (χ0n) is 17.1. The largest absolute Gasteiger partial charge is 0.384 e. The minimum absolute atomic E-state index is 0.154. The molecule has 0 bridgehead atoms. The molecule has 3 aromatic rings. The summed E-state index contributed by atoms with van der Waals surface area (Å²) in [7, 11) is 0. The summed E-state index contributed by atoms with van der Waals surface area (Å²) in [5.74, 6) is 1.03. The van der Waals surface area contributed by atoms with E-state index in [1.807, 2.05) is 18.2 Å². The van der Waals surface area contributed by atoms with Gasteiger partial charge in [0.15, 0.2) is 6.35 Å². The molecule has 164 valence electrons. The minimum Gasteiger partial charge on any atom is -0.384 e. The molecular weight excluding hydrogens is 396 g/mol. The number of aliphatic hydroxyl groups is 2. The van der Waals surface area contributed by atoms with Crippen LogP contribution in [0.3, 0.4) is 0 Å². The van der Waals surface area contributed by atoms with Gasteiger partial charge in [-0.15, -0.1) is 0 Å². The van der Waals surface area contributed by atoms with E-state index in [4.69, 9.17) is 5.73 Å². The third-order valence-electron chi connectivity index (χ3n) is 5.49. The van der Waals surface area contributed by atoms with Gasteiger partial charge in [0.05, 0.1) is 17.5 Å². The molecule has 0 amide bonds. The highest BCUT2D eigenvalue weighted by atomic mass is 16.3. The first-order chi connectivity index (χ1) is 15.1. The number of aromatic amines is 1. The third kappa shape index (κ3) is 5.56. The Hall–Kier alpha value is -3.05. The number of hydrogen-bond acceptors (Lipinski definition) is 9. The normalized spacial score (nSPS) is 20.8. The van der Waals surface area contributed by atoms with E-state index in [9.17, 15) is 10.2 Å². The molecule has 1 fully saturated rings. The van der Waals surface area contributed by atoms with Crippen LogP contribution < -0.4 is 21.7 Å². The molecule has 1 saturated carbocycles. The van der Waals surface area contributed by atoms with Gasteiger partial charge in [0, 0.05) is 18.3 Å². The summed E-state index contributed by atoms with van der Waals surface area (Å²) in [6.45, 7) is 0. The molecule has 10 nitrogen and oxygen atoms in total. The lowest BCUT2D eigenvalue weighted by Crippen LogP contribution is -2.50. The van der Waals surface area contributed by atoms with Crippen molar-refractivity contribution in [3.63, 3.8) is 0 Å². The molecule has 2 heterocycles. The van der Waals surface area contributed by atoms with Crippen LogP contribution >= 0.6 is 0 Å². The molecule has 0 saturated heterocycles. The minimum atomic E-state index is -0.995. The first-order valence-electron chi connectivity index (χ1n) is 10.4.